The maximum atomic E-state index is 12.8. The fourth-order valence-electron chi connectivity index (χ4n) is 3.00. The van der Waals surface area contributed by atoms with E-state index in [0.29, 0.717) is 11.6 Å². The summed E-state index contributed by atoms with van der Waals surface area (Å²) in [7, 11) is 1.61. The highest BCUT2D eigenvalue weighted by atomic mass is 16.5. The summed E-state index contributed by atoms with van der Waals surface area (Å²) in [6.45, 7) is 2.24. The Labute approximate surface area is 160 Å². The van der Waals surface area contributed by atoms with Gasteiger partial charge >= 0.3 is 5.69 Å². The lowest BCUT2D eigenvalue weighted by Gasteiger charge is -2.04. The molecule has 3 aromatic rings. The quantitative estimate of drug-likeness (QED) is 0.667. The summed E-state index contributed by atoms with van der Waals surface area (Å²) in [5.41, 5.74) is 0.901. The predicted octanol–water partition coefficient (Wildman–Crippen LogP) is 1.78. The third-order valence-electron chi connectivity index (χ3n) is 4.60. The Morgan fingerprint density at radius 1 is 1.32 bits per heavy atom. The largest absolute Gasteiger partial charge is 0.497 e. The summed E-state index contributed by atoms with van der Waals surface area (Å²) in [6.07, 6.45) is 1.94. The van der Waals surface area contributed by atoms with Crippen molar-refractivity contribution in [1.29, 1.82) is 0 Å². The van der Waals surface area contributed by atoms with Crippen LogP contribution >= 0.6 is 0 Å². The van der Waals surface area contributed by atoms with Gasteiger partial charge in [0.2, 0.25) is 0 Å². The van der Waals surface area contributed by atoms with Gasteiger partial charge in [0.15, 0.2) is 11.5 Å². The Bertz CT molecular complexity index is 1040. The van der Waals surface area contributed by atoms with Gasteiger partial charge in [-0.1, -0.05) is 5.16 Å². The third-order valence-corrected chi connectivity index (χ3v) is 4.60. The Hall–Kier alpha value is -3.36. The molecule has 1 amide bonds. The van der Waals surface area contributed by atoms with Crippen molar-refractivity contribution in [2.45, 2.75) is 32.4 Å². The number of hydrogen-bond donors (Lipinski definition) is 1. The maximum absolute atomic E-state index is 12.8. The average Bonchev–Trinajstić information content (AvgIpc) is 3.36. The standard InChI is InChI=1S/C19H21N5O4/c1-12-11-16(22-28-12)18(25)20-9-10-23-19(26)24(14-5-6-14)17(21-23)13-3-7-15(27-2)8-4-13/h3-4,7-8,11,14H,5-6,9-10H2,1-2H3,(H,20,25). The molecule has 0 radical (unpaired) electrons. The summed E-state index contributed by atoms with van der Waals surface area (Å²) in [5, 5.41) is 10.9. The highest BCUT2D eigenvalue weighted by Gasteiger charge is 2.30. The number of ether oxygens (including phenoxy) is 1. The molecule has 1 aromatic carbocycles. The minimum Gasteiger partial charge on any atom is -0.497 e. The van der Waals surface area contributed by atoms with Crippen molar-refractivity contribution in [2.75, 3.05) is 13.7 Å². The van der Waals surface area contributed by atoms with Gasteiger partial charge in [0.05, 0.1) is 13.7 Å². The molecule has 4 rings (SSSR count). The number of aromatic nitrogens is 4. The lowest BCUT2D eigenvalue weighted by molar-refractivity contribution is 0.0942. The first kappa shape index (κ1) is 18.0. The van der Waals surface area contributed by atoms with Crippen molar-refractivity contribution in [3.8, 4) is 17.1 Å². The molecule has 1 aliphatic rings. The van der Waals surface area contributed by atoms with Gasteiger partial charge in [0, 0.05) is 24.2 Å². The fourth-order valence-corrected chi connectivity index (χ4v) is 3.00. The van der Waals surface area contributed by atoms with Gasteiger partial charge in [0.25, 0.3) is 5.91 Å². The van der Waals surface area contributed by atoms with E-state index < -0.39 is 0 Å². The number of carbonyl (C=O) groups is 1. The number of hydrogen-bond acceptors (Lipinski definition) is 6. The SMILES string of the molecule is COc1ccc(-c2nn(CCNC(=O)c3cc(C)on3)c(=O)n2C2CC2)cc1. The smallest absolute Gasteiger partial charge is 0.346 e. The van der Waals surface area contributed by atoms with Crippen LogP contribution in [0.1, 0.15) is 35.1 Å². The van der Waals surface area contributed by atoms with Crippen LogP contribution in [0.15, 0.2) is 39.6 Å². The van der Waals surface area contributed by atoms with Gasteiger partial charge in [-0.15, -0.1) is 5.10 Å². The first-order valence-corrected chi connectivity index (χ1v) is 9.12. The lowest BCUT2D eigenvalue weighted by atomic mass is 10.2. The van der Waals surface area contributed by atoms with E-state index in [1.54, 1.807) is 24.7 Å². The van der Waals surface area contributed by atoms with Crippen LogP contribution in [0, 0.1) is 6.92 Å². The van der Waals surface area contributed by atoms with E-state index in [2.05, 4.69) is 15.6 Å². The van der Waals surface area contributed by atoms with Gasteiger partial charge in [-0.2, -0.15) is 0 Å². The Morgan fingerprint density at radius 2 is 2.07 bits per heavy atom. The van der Waals surface area contributed by atoms with Crippen LogP contribution in [0.2, 0.25) is 0 Å². The van der Waals surface area contributed by atoms with Crippen LogP contribution in [0.5, 0.6) is 5.75 Å². The molecule has 0 aliphatic heterocycles. The van der Waals surface area contributed by atoms with E-state index in [1.165, 1.54) is 4.68 Å². The second-order valence-electron chi connectivity index (χ2n) is 6.74. The zero-order chi connectivity index (χ0) is 19.7. The molecule has 0 atom stereocenters. The second-order valence-corrected chi connectivity index (χ2v) is 6.74. The molecule has 0 bridgehead atoms. The van der Waals surface area contributed by atoms with Crippen LogP contribution in [0.3, 0.4) is 0 Å². The van der Waals surface area contributed by atoms with Crippen molar-refractivity contribution in [3.63, 3.8) is 0 Å². The molecule has 1 fully saturated rings. The highest BCUT2D eigenvalue weighted by molar-refractivity contribution is 5.92. The van der Waals surface area contributed by atoms with Crippen molar-refractivity contribution < 1.29 is 14.1 Å². The number of methoxy groups -OCH3 is 1. The first-order valence-electron chi connectivity index (χ1n) is 9.12. The molecule has 0 spiro atoms. The van der Waals surface area contributed by atoms with Crippen molar-refractivity contribution in [2.24, 2.45) is 0 Å². The van der Waals surface area contributed by atoms with Crippen molar-refractivity contribution in [3.05, 3.63) is 52.3 Å². The molecule has 2 aromatic heterocycles. The van der Waals surface area contributed by atoms with E-state index in [1.807, 2.05) is 24.3 Å². The van der Waals surface area contributed by atoms with Gasteiger partial charge in [-0.3, -0.25) is 9.36 Å². The number of amides is 1. The van der Waals surface area contributed by atoms with Gasteiger partial charge < -0.3 is 14.6 Å². The summed E-state index contributed by atoms with van der Waals surface area (Å²) in [5.74, 6) is 1.60. The van der Waals surface area contributed by atoms with Crippen molar-refractivity contribution in [1.82, 2.24) is 24.8 Å². The normalized spacial score (nSPS) is 13.5. The molecule has 1 aliphatic carbocycles. The van der Waals surface area contributed by atoms with E-state index in [9.17, 15) is 9.59 Å². The number of rotatable bonds is 7. The summed E-state index contributed by atoms with van der Waals surface area (Å²) in [6, 6.07) is 9.21. The molecular formula is C19H21N5O4. The Morgan fingerprint density at radius 3 is 2.68 bits per heavy atom. The molecule has 146 valence electrons. The van der Waals surface area contributed by atoms with E-state index in [0.717, 1.165) is 24.2 Å². The predicted molar refractivity (Wildman–Crippen MR) is 100 cm³/mol. The molecule has 0 saturated heterocycles. The Balaban J connectivity index is 1.51. The lowest BCUT2D eigenvalue weighted by Crippen LogP contribution is -2.32. The molecule has 9 heteroatoms. The molecule has 9 nitrogen and oxygen atoms in total. The second kappa shape index (κ2) is 7.34. The summed E-state index contributed by atoms with van der Waals surface area (Å²) < 4.78 is 13.2. The van der Waals surface area contributed by atoms with Crippen LogP contribution in [0.4, 0.5) is 0 Å². The average molecular weight is 383 g/mol. The fraction of sp³-hybridized carbons (Fsp3) is 0.368. The number of aryl methyl sites for hydroxylation is 1. The molecule has 1 N–H and O–H groups in total. The minimum atomic E-state index is -0.345. The summed E-state index contributed by atoms with van der Waals surface area (Å²) in [4.78, 5) is 24.9. The van der Waals surface area contributed by atoms with E-state index >= 15 is 0 Å². The van der Waals surface area contributed by atoms with Gasteiger partial charge in [0.1, 0.15) is 11.5 Å². The third kappa shape index (κ3) is 3.55. The molecule has 1 saturated carbocycles. The number of benzene rings is 1. The summed E-state index contributed by atoms with van der Waals surface area (Å²) >= 11 is 0. The highest BCUT2D eigenvalue weighted by Crippen LogP contribution is 2.36. The number of nitrogens with one attached hydrogen (secondary N) is 1. The monoisotopic (exact) mass is 383 g/mol. The van der Waals surface area contributed by atoms with Gasteiger partial charge in [-0.05, 0) is 44.0 Å². The molecule has 0 unspecified atom stereocenters. The topological polar surface area (TPSA) is 104 Å². The van der Waals surface area contributed by atoms with Crippen LogP contribution in [-0.4, -0.2) is 39.1 Å². The van der Waals surface area contributed by atoms with Crippen LogP contribution in [0.25, 0.3) is 11.4 Å². The van der Waals surface area contributed by atoms with Crippen LogP contribution in [-0.2, 0) is 6.54 Å². The first-order chi connectivity index (χ1) is 13.6. The van der Waals surface area contributed by atoms with Crippen LogP contribution < -0.4 is 15.7 Å². The maximum Gasteiger partial charge on any atom is 0.346 e. The molecule has 28 heavy (non-hydrogen) atoms. The number of nitrogens with zero attached hydrogens (tertiary/aromatic N) is 4. The zero-order valence-corrected chi connectivity index (χ0v) is 15.7. The molecular weight excluding hydrogens is 362 g/mol. The number of carbonyl (C=O) groups excluding carboxylic acids is 1. The minimum absolute atomic E-state index is 0.167. The van der Waals surface area contributed by atoms with E-state index in [-0.39, 0.29) is 36.4 Å². The molecule has 2 heterocycles. The Kier molecular flexibility index (Phi) is 4.72. The van der Waals surface area contributed by atoms with Crippen molar-refractivity contribution >= 4 is 5.91 Å². The van der Waals surface area contributed by atoms with E-state index in [4.69, 9.17) is 9.26 Å². The zero-order valence-electron chi connectivity index (χ0n) is 15.7. The van der Waals surface area contributed by atoms with Gasteiger partial charge in [-0.25, -0.2) is 9.48 Å².